The molecular weight excluding hydrogens is 811 g/mol. The summed E-state index contributed by atoms with van der Waals surface area (Å²) in [6.07, 6.45) is 0. The second-order valence-corrected chi connectivity index (χ2v) is 15.9. The minimum Gasteiger partial charge on any atom is -0.505 e. The summed E-state index contributed by atoms with van der Waals surface area (Å²) in [4.78, 5) is 21.3. The molecule has 5 aromatic carbocycles. The average molecular weight is 840 g/mol. The van der Waals surface area contributed by atoms with Crippen LogP contribution < -0.4 is 5.73 Å². The maximum absolute atomic E-state index is 12.5. The number of nitrogens with zero attached hydrogens (tertiary/aromatic N) is 6. The molecule has 0 spiro atoms. The molecular formula is C34H29N7O13S3. The topological polar surface area (TPSA) is 327 Å². The number of ether oxygens (including phenoxy) is 1. The number of rotatable bonds is 13. The van der Waals surface area contributed by atoms with Crippen molar-refractivity contribution >= 4 is 87.0 Å². The first kappa shape index (κ1) is 41.8. The Morgan fingerprint density at radius 3 is 1.54 bits per heavy atom. The highest BCUT2D eigenvalue weighted by atomic mass is 32.2. The van der Waals surface area contributed by atoms with E-state index in [1.54, 1.807) is 43.3 Å². The van der Waals surface area contributed by atoms with Gasteiger partial charge in [0.25, 0.3) is 30.4 Å². The highest BCUT2D eigenvalue weighted by Crippen LogP contribution is 2.48. The number of phenolic OH excluding ortho intramolecular Hbond substituents is 1. The first-order valence-electron chi connectivity index (χ1n) is 16.0. The molecule has 0 aliphatic rings. The lowest BCUT2D eigenvalue weighted by Gasteiger charge is -2.14. The van der Waals surface area contributed by atoms with Crippen molar-refractivity contribution in [3.63, 3.8) is 0 Å². The number of phenols is 1. The van der Waals surface area contributed by atoms with Crippen LogP contribution in [0.2, 0.25) is 0 Å². The molecule has 5 rings (SSSR count). The number of Topliss-reactive ketones (excluding diaryl/α,β-unsaturated/α-hetero) is 1. The minimum absolute atomic E-state index is 0.0741. The lowest BCUT2D eigenvalue weighted by atomic mass is 10.0. The van der Waals surface area contributed by atoms with Crippen LogP contribution in [0.4, 0.5) is 34.1 Å². The number of anilines is 1. The first-order chi connectivity index (χ1) is 26.7. The zero-order valence-corrected chi connectivity index (χ0v) is 31.8. The van der Waals surface area contributed by atoms with E-state index in [1.807, 2.05) is 0 Å². The third-order valence-electron chi connectivity index (χ3n) is 7.79. The van der Waals surface area contributed by atoms with Crippen molar-refractivity contribution < 1.29 is 58.3 Å². The van der Waals surface area contributed by atoms with E-state index in [2.05, 4.69) is 30.7 Å². The fourth-order valence-corrected chi connectivity index (χ4v) is 6.89. The highest BCUT2D eigenvalue weighted by Gasteiger charge is 2.28. The average Bonchev–Trinajstić information content (AvgIpc) is 3.13. The second-order valence-electron chi connectivity index (χ2n) is 11.7. The number of carbonyl (C=O) groups excluding carboxylic acids is 2. The number of esters is 1. The number of ketones is 1. The van der Waals surface area contributed by atoms with Gasteiger partial charge in [0.1, 0.15) is 21.2 Å². The molecule has 5 aromatic rings. The predicted molar refractivity (Wildman–Crippen MR) is 202 cm³/mol. The maximum atomic E-state index is 12.5. The molecule has 0 unspecified atom stereocenters. The van der Waals surface area contributed by atoms with Crippen LogP contribution in [-0.4, -0.2) is 68.4 Å². The van der Waals surface area contributed by atoms with E-state index in [-0.39, 0.29) is 18.0 Å². The van der Waals surface area contributed by atoms with Crippen molar-refractivity contribution in [1.29, 1.82) is 0 Å². The Labute approximate surface area is 323 Å². The summed E-state index contributed by atoms with van der Waals surface area (Å²) in [5.74, 6) is -2.35. The Bertz CT molecular complexity index is 2830. The number of fused-ring (bicyclic) bond motifs is 1. The van der Waals surface area contributed by atoms with Gasteiger partial charge in [-0.2, -0.15) is 45.7 Å². The van der Waals surface area contributed by atoms with Gasteiger partial charge in [0, 0.05) is 0 Å². The molecule has 0 aromatic heterocycles. The lowest BCUT2D eigenvalue weighted by molar-refractivity contribution is -0.147. The normalized spacial score (nSPS) is 13.1. The van der Waals surface area contributed by atoms with Gasteiger partial charge >= 0.3 is 5.97 Å². The fraction of sp³-hybridized carbons (Fsp3) is 0.118. The van der Waals surface area contributed by atoms with Crippen LogP contribution >= 0.6 is 0 Å². The highest BCUT2D eigenvalue weighted by molar-refractivity contribution is 7.86. The zero-order valence-electron chi connectivity index (χ0n) is 29.3. The van der Waals surface area contributed by atoms with E-state index >= 15 is 0 Å². The van der Waals surface area contributed by atoms with Crippen LogP contribution in [-0.2, 0) is 44.7 Å². The monoisotopic (exact) mass is 839 g/mol. The molecule has 0 amide bonds. The first-order valence-corrected chi connectivity index (χ1v) is 20.3. The van der Waals surface area contributed by atoms with Crippen LogP contribution in [0.25, 0.3) is 21.9 Å². The van der Waals surface area contributed by atoms with Crippen molar-refractivity contribution in [3.8, 4) is 16.9 Å². The molecule has 0 saturated carbocycles. The maximum Gasteiger partial charge on any atom is 0.340 e. The van der Waals surface area contributed by atoms with Gasteiger partial charge in [0.05, 0.1) is 39.6 Å². The van der Waals surface area contributed by atoms with E-state index in [0.717, 1.165) is 30.3 Å². The molecule has 6 N–H and O–H groups in total. The number of carbonyl (C=O) groups is 2. The summed E-state index contributed by atoms with van der Waals surface area (Å²) in [5.41, 5.74) is 5.96. The summed E-state index contributed by atoms with van der Waals surface area (Å²) in [7, 11) is -14.9. The molecule has 1 atom stereocenters. The summed E-state index contributed by atoms with van der Waals surface area (Å²) in [5, 5.41) is 33.6. The summed E-state index contributed by atoms with van der Waals surface area (Å²) < 4.78 is 106. The number of benzene rings is 5. The summed E-state index contributed by atoms with van der Waals surface area (Å²) >= 11 is 0. The quantitative estimate of drug-likeness (QED) is 0.0263. The third kappa shape index (κ3) is 9.72. The number of hydrogen-bond donors (Lipinski definition) is 5. The Hall–Kier alpha value is -6.37. The number of hydrogen-bond acceptors (Lipinski definition) is 17. The van der Waals surface area contributed by atoms with Gasteiger partial charge in [-0.25, -0.2) is 4.79 Å². The predicted octanol–water partition coefficient (Wildman–Crippen LogP) is 6.97. The smallest absolute Gasteiger partial charge is 0.340 e. The van der Waals surface area contributed by atoms with Crippen molar-refractivity contribution in [1.82, 2.24) is 0 Å². The Morgan fingerprint density at radius 1 is 0.667 bits per heavy atom. The van der Waals surface area contributed by atoms with Crippen molar-refractivity contribution in [2.75, 3.05) is 12.3 Å². The summed E-state index contributed by atoms with van der Waals surface area (Å²) in [6.45, 7) is 2.87. The van der Waals surface area contributed by atoms with Crippen LogP contribution in [0.3, 0.4) is 0 Å². The lowest BCUT2D eigenvalue weighted by Crippen LogP contribution is -2.28. The largest absolute Gasteiger partial charge is 0.505 e. The molecule has 0 bridgehead atoms. The van der Waals surface area contributed by atoms with Crippen LogP contribution in [0.1, 0.15) is 13.8 Å². The Morgan fingerprint density at radius 2 is 1.11 bits per heavy atom. The van der Waals surface area contributed by atoms with Crippen LogP contribution in [0.5, 0.6) is 5.75 Å². The number of nitrogens with two attached hydrogens (primary N) is 1. The third-order valence-corrected chi connectivity index (χ3v) is 10.4. The zero-order chi connectivity index (χ0) is 41.9. The van der Waals surface area contributed by atoms with Crippen LogP contribution in [0.15, 0.2) is 130 Å². The molecule has 23 heteroatoms. The second kappa shape index (κ2) is 16.4. The molecule has 0 aliphatic heterocycles. The number of azo groups is 3. The van der Waals surface area contributed by atoms with Gasteiger partial charge in [-0.1, -0.05) is 24.3 Å². The van der Waals surface area contributed by atoms with Gasteiger partial charge in [0.2, 0.25) is 6.04 Å². The van der Waals surface area contributed by atoms with Gasteiger partial charge in [-0.05, 0) is 91.0 Å². The molecule has 0 aliphatic carbocycles. The Balaban J connectivity index is 1.49. The molecule has 296 valence electrons. The number of aromatic hydroxyl groups is 1. The van der Waals surface area contributed by atoms with Crippen LogP contribution in [0, 0.1) is 0 Å². The van der Waals surface area contributed by atoms with Gasteiger partial charge in [-0.15, -0.1) is 10.2 Å². The SMILES string of the molecule is CCOC(=O)[C@@H](N=Nc1ccc(-c2ccc(N=Nc3c(S(=O)(=O)O)cc4cc(S(=O)(=O)O)c(N=Nc5ccc(S(=O)(=O)O)cc5)c(O)c4c3N)cc2)cc1)C(C)=O. The molecule has 57 heavy (non-hydrogen) atoms. The van der Waals surface area contributed by atoms with E-state index in [9.17, 15) is 53.6 Å². The van der Waals surface area contributed by atoms with Gasteiger partial charge < -0.3 is 15.6 Å². The minimum atomic E-state index is -5.19. The Kier molecular flexibility index (Phi) is 12.0. The molecule has 0 fully saturated rings. The van der Waals surface area contributed by atoms with Crippen molar-refractivity contribution in [2.24, 2.45) is 30.7 Å². The standard InChI is InChI=1S/C34H29N7O13S3/c1-3-54-34(44)30(18(2)42)39-36-22-8-4-19(5-9-22)20-6-10-23(11-7-20)37-40-31-26(56(48,49)50)16-21-17-27(57(51,52)53)32(33(43)28(21)29(31)35)41-38-24-12-14-25(15-13-24)55(45,46)47/h4-17,30,43H,3,35H2,1-2H3,(H,45,46,47)(H,48,49,50)(H,51,52,53)/t30-/m0/s1. The molecule has 0 radical (unpaired) electrons. The van der Waals surface area contributed by atoms with Crippen molar-refractivity contribution in [2.45, 2.75) is 34.6 Å². The number of nitrogen functional groups attached to an aromatic ring is 1. The van der Waals surface area contributed by atoms with E-state index in [0.29, 0.717) is 22.9 Å². The van der Waals surface area contributed by atoms with E-state index in [4.69, 9.17) is 10.5 Å². The fourth-order valence-electron chi connectivity index (χ4n) is 5.09. The molecule has 0 heterocycles. The van der Waals surface area contributed by atoms with Gasteiger partial charge in [-0.3, -0.25) is 18.5 Å². The van der Waals surface area contributed by atoms with E-state index in [1.165, 1.54) is 19.1 Å². The molecule has 0 saturated heterocycles. The molecule has 20 nitrogen and oxygen atoms in total. The van der Waals surface area contributed by atoms with E-state index < -0.39 is 96.4 Å². The van der Waals surface area contributed by atoms with Crippen molar-refractivity contribution in [3.05, 3.63) is 84.9 Å². The summed E-state index contributed by atoms with van der Waals surface area (Å²) in [6, 6.07) is 17.0. The van der Waals surface area contributed by atoms with Gasteiger partial charge in [0.15, 0.2) is 11.5 Å².